The monoisotopic (exact) mass is 260 g/mol. The lowest BCUT2D eigenvalue weighted by molar-refractivity contribution is -0.137. The SMILES string of the molecule is O=C(O)CC1CCc2cc(Br)sc21. The van der Waals surface area contributed by atoms with Gasteiger partial charge in [-0.2, -0.15) is 0 Å². The van der Waals surface area contributed by atoms with E-state index in [2.05, 4.69) is 22.0 Å². The van der Waals surface area contributed by atoms with Crippen LogP contribution < -0.4 is 0 Å². The molecule has 0 radical (unpaired) electrons. The number of carbonyl (C=O) groups is 1. The van der Waals surface area contributed by atoms with E-state index in [0.29, 0.717) is 0 Å². The molecule has 0 saturated carbocycles. The van der Waals surface area contributed by atoms with Crippen molar-refractivity contribution in [3.05, 3.63) is 20.3 Å². The smallest absolute Gasteiger partial charge is 0.303 e. The lowest BCUT2D eigenvalue weighted by Gasteiger charge is -2.04. The molecule has 2 nitrogen and oxygen atoms in total. The summed E-state index contributed by atoms with van der Waals surface area (Å²) in [5.41, 5.74) is 1.34. The number of hydrogen-bond donors (Lipinski definition) is 1. The summed E-state index contributed by atoms with van der Waals surface area (Å²) in [4.78, 5) is 11.8. The molecule has 70 valence electrons. The Morgan fingerprint density at radius 1 is 1.77 bits per heavy atom. The third-order valence-corrected chi connectivity index (χ3v) is 4.21. The minimum Gasteiger partial charge on any atom is -0.481 e. The van der Waals surface area contributed by atoms with Gasteiger partial charge in [0.2, 0.25) is 0 Å². The Labute approximate surface area is 88.7 Å². The molecule has 0 aliphatic heterocycles. The Hall–Kier alpha value is -0.350. The molecule has 0 amide bonds. The first kappa shape index (κ1) is 9.21. The van der Waals surface area contributed by atoms with Gasteiger partial charge in [0.25, 0.3) is 0 Å². The van der Waals surface area contributed by atoms with Gasteiger partial charge in [0.05, 0.1) is 10.2 Å². The minimum atomic E-state index is -0.692. The number of aliphatic carboxylic acids is 1. The first-order valence-corrected chi connectivity index (χ1v) is 5.77. The molecule has 1 aromatic rings. The highest BCUT2D eigenvalue weighted by molar-refractivity contribution is 9.11. The predicted molar refractivity (Wildman–Crippen MR) is 55.3 cm³/mol. The molecule has 1 aliphatic rings. The Morgan fingerprint density at radius 2 is 2.54 bits per heavy atom. The van der Waals surface area contributed by atoms with Crippen molar-refractivity contribution in [3.8, 4) is 0 Å². The normalized spacial score (nSPS) is 20.2. The fraction of sp³-hybridized carbons (Fsp3) is 0.444. The summed E-state index contributed by atoms with van der Waals surface area (Å²) < 4.78 is 1.12. The highest BCUT2D eigenvalue weighted by atomic mass is 79.9. The lowest BCUT2D eigenvalue weighted by Crippen LogP contribution is -2.01. The van der Waals surface area contributed by atoms with Crippen LogP contribution >= 0.6 is 27.3 Å². The van der Waals surface area contributed by atoms with E-state index in [1.165, 1.54) is 10.4 Å². The molecule has 0 spiro atoms. The molecule has 13 heavy (non-hydrogen) atoms. The van der Waals surface area contributed by atoms with Gasteiger partial charge in [-0.15, -0.1) is 11.3 Å². The molecule has 0 bridgehead atoms. The van der Waals surface area contributed by atoms with Crippen molar-refractivity contribution in [2.75, 3.05) is 0 Å². The molecule has 1 aromatic heterocycles. The molecular weight excluding hydrogens is 252 g/mol. The maximum atomic E-state index is 10.6. The van der Waals surface area contributed by atoms with Gasteiger partial charge in [-0.3, -0.25) is 4.79 Å². The van der Waals surface area contributed by atoms with Crippen LogP contribution in [0.4, 0.5) is 0 Å². The van der Waals surface area contributed by atoms with Crippen molar-refractivity contribution >= 4 is 33.2 Å². The number of carboxylic acid groups (broad SMARTS) is 1. The van der Waals surface area contributed by atoms with Gasteiger partial charge in [-0.25, -0.2) is 0 Å². The summed E-state index contributed by atoms with van der Waals surface area (Å²) in [7, 11) is 0. The quantitative estimate of drug-likeness (QED) is 0.888. The topological polar surface area (TPSA) is 37.3 Å². The van der Waals surface area contributed by atoms with E-state index < -0.39 is 5.97 Å². The summed E-state index contributed by atoms with van der Waals surface area (Å²) in [5.74, 6) is -0.439. The van der Waals surface area contributed by atoms with Crippen molar-refractivity contribution in [1.82, 2.24) is 0 Å². The van der Waals surface area contributed by atoms with Crippen molar-refractivity contribution in [1.29, 1.82) is 0 Å². The molecule has 0 fully saturated rings. The number of aryl methyl sites for hydroxylation is 1. The number of carboxylic acids is 1. The largest absolute Gasteiger partial charge is 0.481 e. The second-order valence-corrected chi connectivity index (χ2v) is 5.74. The van der Waals surface area contributed by atoms with E-state index in [0.717, 1.165) is 16.6 Å². The first-order chi connectivity index (χ1) is 6.16. The molecule has 0 aromatic carbocycles. The van der Waals surface area contributed by atoms with Crippen molar-refractivity contribution in [2.24, 2.45) is 0 Å². The molecule has 4 heteroatoms. The first-order valence-electron chi connectivity index (χ1n) is 4.16. The van der Waals surface area contributed by atoms with Gasteiger partial charge in [0.1, 0.15) is 0 Å². The molecule has 1 unspecified atom stereocenters. The van der Waals surface area contributed by atoms with E-state index >= 15 is 0 Å². The van der Waals surface area contributed by atoms with Gasteiger partial charge in [0.15, 0.2) is 0 Å². The molecule has 0 saturated heterocycles. The molecule has 2 rings (SSSR count). The molecule has 1 N–H and O–H groups in total. The van der Waals surface area contributed by atoms with Crippen LogP contribution in [0.3, 0.4) is 0 Å². The van der Waals surface area contributed by atoms with E-state index in [4.69, 9.17) is 5.11 Å². The minimum absolute atomic E-state index is 0.254. The maximum Gasteiger partial charge on any atom is 0.303 e. The molecule has 1 heterocycles. The summed E-state index contributed by atoms with van der Waals surface area (Å²) in [6.07, 6.45) is 2.32. The third kappa shape index (κ3) is 1.79. The highest BCUT2D eigenvalue weighted by Gasteiger charge is 2.26. The summed E-state index contributed by atoms with van der Waals surface area (Å²) >= 11 is 5.10. The van der Waals surface area contributed by atoms with Gasteiger partial charge < -0.3 is 5.11 Å². The maximum absolute atomic E-state index is 10.6. The van der Waals surface area contributed by atoms with E-state index in [1.807, 2.05) is 0 Å². The summed E-state index contributed by atoms with van der Waals surface area (Å²) in [5, 5.41) is 8.70. The standard InChI is InChI=1S/C9H9BrO2S/c10-7-3-5-1-2-6(4-8(11)12)9(5)13-7/h3,6H,1-2,4H2,(H,11,12). The van der Waals surface area contributed by atoms with E-state index in [1.54, 1.807) is 11.3 Å². The van der Waals surface area contributed by atoms with Crippen molar-refractivity contribution in [3.63, 3.8) is 0 Å². The average molecular weight is 261 g/mol. The molecular formula is C9H9BrO2S. The van der Waals surface area contributed by atoms with Crippen molar-refractivity contribution in [2.45, 2.75) is 25.2 Å². The Bertz CT molecular complexity index is 345. The average Bonchev–Trinajstić information content (AvgIpc) is 2.51. The number of thiophene rings is 1. The Kier molecular flexibility index (Phi) is 2.43. The zero-order valence-electron chi connectivity index (χ0n) is 6.92. The zero-order chi connectivity index (χ0) is 9.42. The molecule has 1 atom stereocenters. The highest BCUT2D eigenvalue weighted by Crippen LogP contribution is 2.42. The van der Waals surface area contributed by atoms with Crippen LogP contribution in [0, 0.1) is 0 Å². The number of fused-ring (bicyclic) bond motifs is 1. The van der Waals surface area contributed by atoms with Gasteiger partial charge >= 0.3 is 5.97 Å². The number of hydrogen-bond acceptors (Lipinski definition) is 2. The van der Waals surface area contributed by atoms with Crippen LogP contribution in [0.25, 0.3) is 0 Å². The van der Waals surface area contributed by atoms with Crippen LogP contribution in [0.1, 0.15) is 29.2 Å². The van der Waals surface area contributed by atoms with Gasteiger partial charge in [0, 0.05) is 10.8 Å². The number of halogens is 1. The predicted octanol–water partition coefficient (Wildman–Crippen LogP) is 3.02. The second kappa shape index (κ2) is 3.42. The second-order valence-electron chi connectivity index (χ2n) is 3.27. The van der Waals surface area contributed by atoms with Crippen LogP contribution in [-0.2, 0) is 11.2 Å². The van der Waals surface area contributed by atoms with Crippen LogP contribution in [-0.4, -0.2) is 11.1 Å². The fourth-order valence-electron chi connectivity index (χ4n) is 1.82. The fourth-order valence-corrected chi connectivity index (χ4v) is 3.69. The lowest BCUT2D eigenvalue weighted by atomic mass is 10.1. The summed E-state index contributed by atoms with van der Waals surface area (Å²) in [6, 6.07) is 2.11. The van der Waals surface area contributed by atoms with Crippen LogP contribution in [0.15, 0.2) is 9.85 Å². The Balaban J connectivity index is 2.22. The van der Waals surface area contributed by atoms with E-state index in [9.17, 15) is 4.79 Å². The Morgan fingerprint density at radius 3 is 3.23 bits per heavy atom. The van der Waals surface area contributed by atoms with Gasteiger partial charge in [-0.05, 0) is 40.4 Å². The molecule has 1 aliphatic carbocycles. The summed E-state index contributed by atoms with van der Waals surface area (Å²) in [6.45, 7) is 0. The van der Waals surface area contributed by atoms with E-state index in [-0.39, 0.29) is 12.3 Å². The zero-order valence-corrected chi connectivity index (χ0v) is 9.32. The van der Waals surface area contributed by atoms with Crippen LogP contribution in [0.5, 0.6) is 0 Å². The van der Waals surface area contributed by atoms with Crippen molar-refractivity contribution < 1.29 is 9.90 Å². The third-order valence-electron chi connectivity index (χ3n) is 2.37. The van der Waals surface area contributed by atoms with Gasteiger partial charge in [-0.1, -0.05) is 0 Å². The van der Waals surface area contributed by atoms with Crippen LogP contribution in [0.2, 0.25) is 0 Å². The number of rotatable bonds is 2.